The van der Waals surface area contributed by atoms with Crippen molar-refractivity contribution in [2.45, 2.75) is 56.6 Å². The molecule has 0 saturated carbocycles. The first kappa shape index (κ1) is 26.2. The van der Waals surface area contributed by atoms with Gasteiger partial charge in [0.05, 0.1) is 18.7 Å². The molecule has 0 aliphatic carbocycles. The van der Waals surface area contributed by atoms with Crippen molar-refractivity contribution < 1.29 is 19.1 Å². The molecule has 3 heterocycles. The number of amides is 3. The number of hydrogen-bond acceptors (Lipinski definition) is 5. The van der Waals surface area contributed by atoms with Crippen molar-refractivity contribution in [3.8, 4) is 0 Å². The summed E-state index contributed by atoms with van der Waals surface area (Å²) in [5.74, 6) is -0.259. The summed E-state index contributed by atoms with van der Waals surface area (Å²) < 4.78 is 5.61. The van der Waals surface area contributed by atoms with Crippen LogP contribution in [-0.2, 0) is 19.1 Å². The molecule has 5 rings (SSSR count). The van der Waals surface area contributed by atoms with Gasteiger partial charge in [0, 0.05) is 31.9 Å². The van der Waals surface area contributed by atoms with Crippen molar-refractivity contribution >= 4 is 23.4 Å². The van der Waals surface area contributed by atoms with E-state index in [1.807, 2.05) is 72.5 Å². The summed E-state index contributed by atoms with van der Waals surface area (Å²) in [6.07, 6.45) is 3.83. The highest BCUT2D eigenvalue weighted by Gasteiger charge is 2.54. The molecule has 0 radical (unpaired) electrons. The van der Waals surface area contributed by atoms with E-state index in [1.165, 1.54) is 0 Å². The molecule has 3 aliphatic rings. The topological polar surface area (TPSA) is 82.2 Å². The molecule has 3 amide bonds. The van der Waals surface area contributed by atoms with Gasteiger partial charge in [-0.1, -0.05) is 55.5 Å². The zero-order chi connectivity index (χ0) is 26.5. The summed E-state index contributed by atoms with van der Waals surface area (Å²) in [7, 11) is 0. The number of piperidine rings is 1. The smallest absolute Gasteiger partial charge is 0.250 e. The predicted octanol–water partition coefficient (Wildman–Crippen LogP) is 3.14. The highest BCUT2D eigenvalue weighted by Crippen LogP contribution is 2.40. The summed E-state index contributed by atoms with van der Waals surface area (Å²) in [4.78, 5) is 45.9. The molecule has 8 heteroatoms. The SMILES string of the molecule is CC[C@@H](C(=O)N1CCC2(CC1)C(=O)N(CC(=O)NC[C@H]1CCCO1)CN2c1ccccc1)c1ccccc1. The van der Waals surface area contributed by atoms with Crippen molar-refractivity contribution in [1.82, 2.24) is 15.1 Å². The van der Waals surface area contributed by atoms with Crippen molar-refractivity contribution in [2.24, 2.45) is 0 Å². The Morgan fingerprint density at radius 3 is 2.37 bits per heavy atom. The van der Waals surface area contributed by atoms with E-state index in [2.05, 4.69) is 10.2 Å². The van der Waals surface area contributed by atoms with E-state index in [0.717, 1.165) is 37.1 Å². The van der Waals surface area contributed by atoms with E-state index in [0.29, 0.717) is 39.1 Å². The van der Waals surface area contributed by atoms with Gasteiger partial charge in [-0.25, -0.2) is 0 Å². The highest BCUT2D eigenvalue weighted by molar-refractivity contribution is 5.96. The molecule has 3 saturated heterocycles. The lowest BCUT2D eigenvalue weighted by molar-refractivity contribution is -0.140. The van der Waals surface area contributed by atoms with Crippen LogP contribution in [0.3, 0.4) is 0 Å². The quantitative estimate of drug-likeness (QED) is 0.581. The third-order valence-electron chi connectivity index (χ3n) is 8.28. The molecule has 2 aromatic carbocycles. The Bertz CT molecular complexity index is 1110. The largest absolute Gasteiger partial charge is 0.376 e. The maximum absolute atomic E-state index is 13.9. The normalized spacial score (nSPS) is 21.7. The number of anilines is 1. The Balaban J connectivity index is 1.29. The van der Waals surface area contributed by atoms with Gasteiger partial charge in [-0.3, -0.25) is 14.4 Å². The Morgan fingerprint density at radius 2 is 1.74 bits per heavy atom. The van der Waals surface area contributed by atoms with E-state index >= 15 is 0 Å². The Morgan fingerprint density at radius 1 is 1.05 bits per heavy atom. The van der Waals surface area contributed by atoms with Crippen LogP contribution in [0.4, 0.5) is 5.69 Å². The van der Waals surface area contributed by atoms with Crippen LogP contribution < -0.4 is 10.2 Å². The minimum absolute atomic E-state index is 0.0190. The molecule has 3 aliphatic heterocycles. The molecule has 3 fully saturated rings. The first-order valence-electron chi connectivity index (χ1n) is 13.9. The maximum atomic E-state index is 13.9. The van der Waals surface area contributed by atoms with E-state index in [-0.39, 0.29) is 36.3 Å². The fourth-order valence-electron chi connectivity index (χ4n) is 6.14. The molecular formula is C30H38N4O4. The second kappa shape index (κ2) is 11.6. The van der Waals surface area contributed by atoms with Crippen molar-refractivity contribution in [3.63, 3.8) is 0 Å². The van der Waals surface area contributed by atoms with Crippen molar-refractivity contribution in [3.05, 3.63) is 66.2 Å². The average molecular weight is 519 g/mol. The lowest BCUT2D eigenvalue weighted by Crippen LogP contribution is -2.58. The van der Waals surface area contributed by atoms with Gasteiger partial charge in [0.2, 0.25) is 11.8 Å². The third kappa shape index (κ3) is 5.27. The first-order chi connectivity index (χ1) is 18.5. The van der Waals surface area contributed by atoms with Crippen LogP contribution in [0.15, 0.2) is 60.7 Å². The molecule has 38 heavy (non-hydrogen) atoms. The van der Waals surface area contributed by atoms with E-state index in [4.69, 9.17) is 4.74 Å². The summed E-state index contributed by atoms with van der Waals surface area (Å²) in [5, 5.41) is 2.95. The van der Waals surface area contributed by atoms with Crippen LogP contribution in [0.25, 0.3) is 0 Å². The van der Waals surface area contributed by atoms with Gasteiger partial charge in [-0.2, -0.15) is 0 Å². The number of benzene rings is 2. The second-order valence-electron chi connectivity index (χ2n) is 10.6. The maximum Gasteiger partial charge on any atom is 0.250 e. The van der Waals surface area contributed by atoms with Crippen LogP contribution in [0.1, 0.15) is 50.5 Å². The van der Waals surface area contributed by atoms with Gasteiger partial charge in [0.1, 0.15) is 12.1 Å². The van der Waals surface area contributed by atoms with E-state index < -0.39 is 5.54 Å². The van der Waals surface area contributed by atoms with Crippen LogP contribution in [0, 0.1) is 0 Å². The standard InChI is InChI=1S/C30H38N4O4/c1-2-26(23-10-5-3-6-11-23)28(36)32-17-15-30(16-18-32)29(37)33(22-34(30)24-12-7-4-8-13-24)21-27(35)31-20-25-14-9-19-38-25/h3-8,10-13,25-26H,2,9,14-22H2,1H3,(H,31,35)/t25-,26-/m1/s1. The fourth-order valence-corrected chi connectivity index (χ4v) is 6.14. The molecule has 0 unspecified atom stereocenters. The molecule has 0 bridgehead atoms. The molecule has 0 aromatic heterocycles. The Kier molecular flexibility index (Phi) is 7.98. The number of ether oxygens (including phenoxy) is 1. The number of para-hydroxylation sites is 1. The van der Waals surface area contributed by atoms with E-state index in [9.17, 15) is 14.4 Å². The third-order valence-corrected chi connectivity index (χ3v) is 8.28. The summed E-state index contributed by atoms with van der Waals surface area (Å²) in [6.45, 7) is 4.65. The highest BCUT2D eigenvalue weighted by atomic mass is 16.5. The van der Waals surface area contributed by atoms with Gasteiger partial charge in [0.15, 0.2) is 0 Å². The second-order valence-corrected chi connectivity index (χ2v) is 10.6. The van der Waals surface area contributed by atoms with Crippen LogP contribution in [0.5, 0.6) is 0 Å². The van der Waals surface area contributed by atoms with Crippen LogP contribution in [-0.4, -0.2) is 78.6 Å². The zero-order valence-electron chi connectivity index (χ0n) is 22.2. The molecule has 1 spiro atoms. The summed E-state index contributed by atoms with van der Waals surface area (Å²) in [6, 6.07) is 19.8. The molecule has 8 nitrogen and oxygen atoms in total. The first-order valence-corrected chi connectivity index (χ1v) is 13.9. The fraction of sp³-hybridized carbons (Fsp3) is 0.500. The van der Waals surface area contributed by atoms with E-state index in [1.54, 1.807) is 4.90 Å². The van der Waals surface area contributed by atoms with Gasteiger partial charge in [0.25, 0.3) is 5.91 Å². The van der Waals surface area contributed by atoms with Gasteiger partial charge in [-0.15, -0.1) is 0 Å². The van der Waals surface area contributed by atoms with Crippen LogP contribution in [0.2, 0.25) is 0 Å². The van der Waals surface area contributed by atoms with Crippen LogP contribution >= 0.6 is 0 Å². The minimum Gasteiger partial charge on any atom is -0.376 e. The molecule has 2 atom stereocenters. The molecule has 2 aromatic rings. The minimum atomic E-state index is -0.762. The van der Waals surface area contributed by atoms with Crippen molar-refractivity contribution in [2.75, 3.05) is 44.4 Å². The average Bonchev–Trinajstić information content (AvgIpc) is 3.57. The number of nitrogens with zero attached hydrogens (tertiary/aromatic N) is 3. The molecular weight excluding hydrogens is 480 g/mol. The van der Waals surface area contributed by atoms with Gasteiger partial charge in [-0.05, 0) is 49.8 Å². The Hall–Kier alpha value is -3.39. The number of hydrogen-bond donors (Lipinski definition) is 1. The molecule has 1 N–H and O–H groups in total. The number of carbonyl (C=O) groups excluding carboxylic acids is 3. The number of nitrogens with one attached hydrogen (secondary N) is 1. The van der Waals surface area contributed by atoms with Gasteiger partial charge >= 0.3 is 0 Å². The zero-order valence-corrected chi connectivity index (χ0v) is 22.2. The van der Waals surface area contributed by atoms with Gasteiger partial charge < -0.3 is 24.8 Å². The number of likely N-dealkylation sites (tertiary alicyclic amines) is 1. The number of rotatable bonds is 8. The molecule has 202 valence electrons. The number of carbonyl (C=O) groups is 3. The Labute approximate surface area is 224 Å². The summed E-state index contributed by atoms with van der Waals surface area (Å²) in [5.41, 5.74) is 1.23. The van der Waals surface area contributed by atoms with Crippen molar-refractivity contribution in [1.29, 1.82) is 0 Å². The lowest BCUT2D eigenvalue weighted by Gasteiger charge is -2.44. The predicted molar refractivity (Wildman–Crippen MR) is 146 cm³/mol. The monoisotopic (exact) mass is 518 g/mol. The summed E-state index contributed by atoms with van der Waals surface area (Å²) >= 11 is 0. The lowest BCUT2D eigenvalue weighted by atomic mass is 9.84.